The Morgan fingerprint density at radius 2 is 1.78 bits per heavy atom. The number of amides is 3. The Hall–Kier alpha value is -3.06. The van der Waals surface area contributed by atoms with Crippen molar-refractivity contribution in [2.45, 2.75) is 6.42 Å². The molecule has 3 N–H and O–H groups in total. The van der Waals surface area contributed by atoms with Crippen LogP contribution >= 0.6 is 11.6 Å². The van der Waals surface area contributed by atoms with Crippen molar-refractivity contribution in [1.82, 2.24) is 4.90 Å². The Balaban J connectivity index is 1.95. The van der Waals surface area contributed by atoms with Gasteiger partial charge in [-0.25, -0.2) is 0 Å². The van der Waals surface area contributed by atoms with Crippen molar-refractivity contribution in [3.63, 3.8) is 0 Å². The number of carbonyl (C=O) groups is 3. The van der Waals surface area contributed by atoms with Crippen molar-refractivity contribution >= 4 is 35.0 Å². The molecule has 3 amide bonds. The van der Waals surface area contributed by atoms with Crippen LogP contribution in [-0.4, -0.2) is 43.3 Å². The van der Waals surface area contributed by atoms with Crippen molar-refractivity contribution in [3.8, 4) is 5.75 Å². The van der Waals surface area contributed by atoms with Crippen LogP contribution in [0.25, 0.3) is 0 Å². The summed E-state index contributed by atoms with van der Waals surface area (Å²) in [6.07, 6.45) is 0.144. The van der Waals surface area contributed by atoms with Gasteiger partial charge in [-0.15, -0.1) is 0 Å². The summed E-state index contributed by atoms with van der Waals surface area (Å²) in [5, 5.41) is 2.96. The molecule has 2 rings (SSSR count). The van der Waals surface area contributed by atoms with E-state index >= 15 is 0 Å². The van der Waals surface area contributed by atoms with Crippen molar-refractivity contribution < 1.29 is 19.1 Å². The predicted molar refractivity (Wildman–Crippen MR) is 103 cm³/mol. The first kappa shape index (κ1) is 20.3. The number of nitrogens with one attached hydrogen (secondary N) is 1. The first-order valence-corrected chi connectivity index (χ1v) is 8.45. The Labute approximate surface area is 162 Å². The van der Waals surface area contributed by atoms with E-state index in [0.29, 0.717) is 22.0 Å². The van der Waals surface area contributed by atoms with Gasteiger partial charge in [0.05, 0.1) is 17.0 Å². The van der Waals surface area contributed by atoms with Crippen LogP contribution in [0.15, 0.2) is 42.5 Å². The summed E-state index contributed by atoms with van der Waals surface area (Å²) in [6.45, 7) is -0.214. The van der Waals surface area contributed by atoms with E-state index in [4.69, 9.17) is 22.1 Å². The van der Waals surface area contributed by atoms with E-state index in [1.165, 1.54) is 11.0 Å². The Morgan fingerprint density at radius 1 is 1.11 bits per heavy atom. The van der Waals surface area contributed by atoms with E-state index < -0.39 is 5.91 Å². The number of nitrogens with two attached hydrogens (primary N) is 1. The zero-order chi connectivity index (χ0) is 20.0. The van der Waals surface area contributed by atoms with Crippen LogP contribution in [0.2, 0.25) is 5.02 Å². The van der Waals surface area contributed by atoms with Crippen molar-refractivity contribution in [2.75, 3.05) is 26.0 Å². The van der Waals surface area contributed by atoms with E-state index in [1.54, 1.807) is 50.5 Å². The van der Waals surface area contributed by atoms with Gasteiger partial charge in [0.1, 0.15) is 5.75 Å². The van der Waals surface area contributed by atoms with Gasteiger partial charge >= 0.3 is 0 Å². The minimum Gasteiger partial charge on any atom is -0.484 e. The normalized spacial score (nSPS) is 10.2. The van der Waals surface area contributed by atoms with Gasteiger partial charge in [-0.1, -0.05) is 23.7 Å². The Kier molecular flexibility index (Phi) is 6.79. The molecule has 0 heterocycles. The van der Waals surface area contributed by atoms with Crippen LogP contribution in [0.1, 0.15) is 15.9 Å². The molecule has 2 aromatic carbocycles. The molecule has 0 aromatic heterocycles. The number of anilines is 1. The first-order chi connectivity index (χ1) is 12.8. The molecule has 2 aromatic rings. The molecule has 0 aliphatic carbocycles. The second kappa shape index (κ2) is 9.05. The summed E-state index contributed by atoms with van der Waals surface area (Å²) in [6, 6.07) is 11.4. The van der Waals surface area contributed by atoms with Gasteiger partial charge in [-0.2, -0.15) is 0 Å². The minimum atomic E-state index is -0.418. The largest absolute Gasteiger partial charge is 0.484 e. The lowest BCUT2D eigenvalue weighted by Crippen LogP contribution is -2.23. The van der Waals surface area contributed by atoms with Crippen molar-refractivity contribution in [3.05, 3.63) is 58.6 Å². The summed E-state index contributed by atoms with van der Waals surface area (Å²) >= 11 is 6.04. The highest BCUT2D eigenvalue weighted by molar-refractivity contribution is 6.34. The van der Waals surface area contributed by atoms with Crippen molar-refractivity contribution in [2.24, 2.45) is 5.73 Å². The van der Waals surface area contributed by atoms with E-state index in [-0.39, 0.29) is 24.8 Å². The molecule has 0 atom stereocenters. The lowest BCUT2D eigenvalue weighted by molar-refractivity contribution is -0.118. The summed E-state index contributed by atoms with van der Waals surface area (Å²) < 4.78 is 5.41. The zero-order valence-electron chi connectivity index (χ0n) is 15.0. The molecule has 0 aliphatic rings. The molecule has 27 heavy (non-hydrogen) atoms. The smallest absolute Gasteiger partial charge is 0.262 e. The van der Waals surface area contributed by atoms with Crippen LogP contribution in [0, 0.1) is 0 Å². The van der Waals surface area contributed by atoms with Crippen LogP contribution in [0.3, 0.4) is 0 Å². The van der Waals surface area contributed by atoms with Gasteiger partial charge in [-0.05, 0) is 35.9 Å². The number of benzene rings is 2. The fraction of sp³-hybridized carbons (Fsp3) is 0.211. The molecule has 142 valence electrons. The highest BCUT2D eigenvalue weighted by Crippen LogP contribution is 2.22. The van der Waals surface area contributed by atoms with E-state index in [2.05, 4.69) is 5.32 Å². The van der Waals surface area contributed by atoms with Gasteiger partial charge in [0.25, 0.3) is 11.8 Å². The fourth-order valence-corrected chi connectivity index (χ4v) is 2.46. The van der Waals surface area contributed by atoms with Gasteiger partial charge in [0.15, 0.2) is 6.61 Å². The molecule has 0 bridgehead atoms. The van der Waals surface area contributed by atoms with Gasteiger partial charge < -0.3 is 20.7 Å². The van der Waals surface area contributed by atoms with Crippen molar-refractivity contribution in [1.29, 1.82) is 0 Å². The molecule has 0 saturated heterocycles. The molecular formula is C19H20ClN3O4. The summed E-state index contributed by atoms with van der Waals surface area (Å²) in [5.41, 5.74) is 6.63. The average molecular weight is 390 g/mol. The maximum Gasteiger partial charge on any atom is 0.262 e. The number of hydrogen-bond donors (Lipinski definition) is 2. The Morgan fingerprint density at radius 3 is 2.37 bits per heavy atom. The van der Waals surface area contributed by atoms with Crippen LogP contribution < -0.4 is 15.8 Å². The summed E-state index contributed by atoms with van der Waals surface area (Å²) in [4.78, 5) is 36.4. The molecule has 8 heteroatoms. The number of halogens is 1. The molecule has 0 saturated carbocycles. The number of rotatable bonds is 7. The first-order valence-electron chi connectivity index (χ1n) is 8.07. The summed E-state index contributed by atoms with van der Waals surface area (Å²) in [5.74, 6) is -0.582. The molecule has 0 fully saturated rings. The van der Waals surface area contributed by atoms with Crippen LogP contribution in [-0.2, 0) is 16.0 Å². The van der Waals surface area contributed by atoms with Crippen LogP contribution in [0.5, 0.6) is 5.75 Å². The third kappa shape index (κ3) is 6.00. The molecule has 0 aliphatic heterocycles. The SMILES string of the molecule is CN(C)C(=O)c1cc(NC(=O)COc2ccc(CC(N)=O)cc2)ccc1Cl. The second-order valence-corrected chi connectivity index (χ2v) is 6.43. The second-order valence-electron chi connectivity index (χ2n) is 6.02. The van der Waals surface area contributed by atoms with Crippen LogP contribution in [0.4, 0.5) is 5.69 Å². The number of hydrogen-bond acceptors (Lipinski definition) is 4. The maximum absolute atomic E-state index is 12.1. The number of primary amides is 1. The molecule has 0 radical (unpaired) electrons. The van der Waals surface area contributed by atoms with Gasteiger partial charge in [0.2, 0.25) is 5.91 Å². The highest BCUT2D eigenvalue weighted by atomic mass is 35.5. The van der Waals surface area contributed by atoms with Gasteiger partial charge in [-0.3, -0.25) is 14.4 Å². The lowest BCUT2D eigenvalue weighted by atomic mass is 10.1. The highest BCUT2D eigenvalue weighted by Gasteiger charge is 2.14. The summed E-state index contributed by atoms with van der Waals surface area (Å²) in [7, 11) is 3.24. The maximum atomic E-state index is 12.1. The molecular weight excluding hydrogens is 370 g/mol. The molecule has 0 unspecified atom stereocenters. The van der Waals surface area contributed by atoms with E-state index in [0.717, 1.165) is 5.56 Å². The average Bonchev–Trinajstić information content (AvgIpc) is 2.61. The quantitative estimate of drug-likeness (QED) is 0.756. The molecule has 0 spiro atoms. The lowest BCUT2D eigenvalue weighted by Gasteiger charge is -2.13. The third-order valence-corrected chi connectivity index (χ3v) is 3.89. The third-order valence-electron chi connectivity index (χ3n) is 3.56. The topological polar surface area (TPSA) is 102 Å². The fourth-order valence-electron chi connectivity index (χ4n) is 2.26. The number of carbonyl (C=O) groups excluding carboxylic acids is 3. The number of nitrogens with zero attached hydrogens (tertiary/aromatic N) is 1. The monoisotopic (exact) mass is 389 g/mol. The Bertz CT molecular complexity index is 851. The minimum absolute atomic E-state index is 0.144. The zero-order valence-corrected chi connectivity index (χ0v) is 15.7. The number of ether oxygens (including phenoxy) is 1. The van der Waals surface area contributed by atoms with E-state index in [9.17, 15) is 14.4 Å². The van der Waals surface area contributed by atoms with Gasteiger partial charge in [0, 0.05) is 19.8 Å². The van der Waals surface area contributed by atoms with E-state index in [1.807, 2.05) is 0 Å². The standard InChI is InChI=1S/C19H20ClN3O4/c1-23(2)19(26)15-10-13(5-8-16(15)20)22-18(25)11-27-14-6-3-12(4-7-14)9-17(21)24/h3-8,10H,9,11H2,1-2H3,(H2,21,24)(H,22,25). The predicted octanol–water partition coefficient (Wildman–Crippen LogP) is 2.09. The molecule has 7 nitrogen and oxygen atoms in total.